The Morgan fingerprint density at radius 2 is 1.90 bits per heavy atom. The van der Waals surface area contributed by atoms with E-state index in [1.165, 1.54) is 24.4 Å². The van der Waals surface area contributed by atoms with Crippen molar-refractivity contribution in [1.82, 2.24) is 15.3 Å². The SMILES string of the molecule is CC(=O)N([C@H](C=O)CC(=O)O)N1C(=O)[C@@H](NC(=O)c2nccc3ccccc23)CN(C(=O)CO)c2cc(Cl)ccc21. The summed E-state index contributed by atoms with van der Waals surface area (Å²) in [6.07, 6.45) is 0.773. The highest BCUT2D eigenvalue weighted by Crippen LogP contribution is 2.37. The Balaban J connectivity index is 1.87. The first-order chi connectivity index (χ1) is 19.6. The van der Waals surface area contributed by atoms with Crippen molar-refractivity contribution in [1.29, 1.82) is 0 Å². The summed E-state index contributed by atoms with van der Waals surface area (Å²) in [6.45, 7) is -0.455. The molecule has 1 aliphatic rings. The van der Waals surface area contributed by atoms with Crippen LogP contribution in [0.2, 0.25) is 5.02 Å². The average Bonchev–Trinajstić information content (AvgIpc) is 3.06. The van der Waals surface area contributed by atoms with Crippen LogP contribution in [0.4, 0.5) is 11.4 Å². The topological polar surface area (TPSA) is 178 Å². The zero-order valence-electron chi connectivity index (χ0n) is 21.6. The molecule has 0 saturated carbocycles. The molecule has 2 aromatic carbocycles. The summed E-state index contributed by atoms with van der Waals surface area (Å²) in [5, 5.41) is 24.3. The van der Waals surface area contributed by atoms with E-state index in [0.29, 0.717) is 15.8 Å². The molecule has 4 amide bonds. The standard InChI is InChI=1S/C27H24ClN5O8/c1-15(36)32(18(13-34)11-24(38)39)33-21-7-6-17(28)10-22(21)31(23(37)14-35)12-20(27(33)41)30-26(40)25-19-5-3-2-4-16(19)8-9-29-25/h2-10,13,18,20,35H,11-12,14H2,1H3,(H,30,40)(H,38,39)/t18-,20-/m0/s1. The number of hydrazine groups is 1. The third-order valence-corrected chi connectivity index (χ3v) is 6.59. The maximum Gasteiger partial charge on any atom is 0.305 e. The molecule has 14 heteroatoms. The fourth-order valence-electron chi connectivity index (χ4n) is 4.59. The predicted molar refractivity (Wildman–Crippen MR) is 146 cm³/mol. The number of aldehydes is 1. The van der Waals surface area contributed by atoms with Crippen LogP contribution < -0.4 is 15.2 Å². The number of rotatable bonds is 8. The molecule has 0 spiro atoms. The fraction of sp³-hybridized carbons (Fsp3) is 0.222. The van der Waals surface area contributed by atoms with Crippen LogP contribution in [-0.4, -0.2) is 81.3 Å². The molecule has 0 saturated heterocycles. The van der Waals surface area contributed by atoms with Gasteiger partial charge in [-0.05, 0) is 29.7 Å². The highest BCUT2D eigenvalue weighted by molar-refractivity contribution is 6.31. The molecular formula is C27H24ClN5O8. The van der Waals surface area contributed by atoms with E-state index in [1.807, 2.05) is 0 Å². The van der Waals surface area contributed by atoms with E-state index >= 15 is 0 Å². The molecule has 0 fully saturated rings. The Hall–Kier alpha value is -4.88. The fourth-order valence-corrected chi connectivity index (χ4v) is 4.76. The Kier molecular flexibility index (Phi) is 8.59. The van der Waals surface area contributed by atoms with Gasteiger partial charge in [0, 0.05) is 23.5 Å². The van der Waals surface area contributed by atoms with Crippen LogP contribution in [0.25, 0.3) is 10.8 Å². The first-order valence-corrected chi connectivity index (χ1v) is 12.6. The lowest BCUT2D eigenvalue weighted by Crippen LogP contribution is -2.61. The van der Waals surface area contributed by atoms with Crippen molar-refractivity contribution in [2.75, 3.05) is 23.1 Å². The van der Waals surface area contributed by atoms with E-state index in [0.717, 1.165) is 16.8 Å². The molecule has 4 rings (SSSR count). The van der Waals surface area contributed by atoms with E-state index in [4.69, 9.17) is 11.6 Å². The molecule has 2 heterocycles. The molecule has 212 valence electrons. The van der Waals surface area contributed by atoms with Crippen molar-refractivity contribution in [3.63, 3.8) is 0 Å². The Labute approximate surface area is 237 Å². The lowest BCUT2D eigenvalue weighted by atomic mass is 10.1. The van der Waals surface area contributed by atoms with Gasteiger partial charge < -0.3 is 25.2 Å². The molecule has 0 aliphatic carbocycles. The molecule has 1 aliphatic heterocycles. The minimum absolute atomic E-state index is 0.0210. The van der Waals surface area contributed by atoms with Crippen LogP contribution in [0.3, 0.4) is 0 Å². The van der Waals surface area contributed by atoms with Crippen LogP contribution in [0.15, 0.2) is 54.7 Å². The molecule has 0 radical (unpaired) electrons. The number of amides is 4. The lowest BCUT2D eigenvalue weighted by Gasteiger charge is -2.38. The number of carbonyl (C=O) groups is 6. The molecular weight excluding hydrogens is 558 g/mol. The van der Waals surface area contributed by atoms with Gasteiger partial charge >= 0.3 is 5.97 Å². The second kappa shape index (κ2) is 12.1. The van der Waals surface area contributed by atoms with E-state index in [1.54, 1.807) is 30.3 Å². The van der Waals surface area contributed by atoms with E-state index in [9.17, 15) is 39.0 Å². The van der Waals surface area contributed by atoms with Gasteiger partial charge in [0.1, 0.15) is 30.7 Å². The number of hydrogen-bond acceptors (Lipinski definition) is 8. The molecule has 1 aromatic heterocycles. The van der Waals surface area contributed by atoms with Gasteiger partial charge in [-0.1, -0.05) is 35.9 Å². The number of carboxylic acid groups (broad SMARTS) is 1. The number of halogens is 1. The van der Waals surface area contributed by atoms with E-state index in [-0.39, 0.29) is 28.4 Å². The first kappa shape index (κ1) is 29.1. The van der Waals surface area contributed by atoms with E-state index in [2.05, 4.69) is 10.3 Å². The van der Waals surface area contributed by atoms with Crippen molar-refractivity contribution in [3.8, 4) is 0 Å². The van der Waals surface area contributed by atoms with Gasteiger partial charge in [-0.2, -0.15) is 0 Å². The number of aromatic nitrogens is 1. The summed E-state index contributed by atoms with van der Waals surface area (Å²) in [4.78, 5) is 82.0. The zero-order chi connectivity index (χ0) is 29.8. The molecule has 0 unspecified atom stereocenters. The Morgan fingerprint density at radius 3 is 2.56 bits per heavy atom. The van der Waals surface area contributed by atoms with Crippen LogP contribution in [-0.2, 0) is 24.0 Å². The predicted octanol–water partition coefficient (Wildman–Crippen LogP) is 1.16. The normalized spacial score (nSPS) is 15.5. The number of pyridine rings is 1. The number of carbonyl (C=O) groups excluding carboxylic acids is 5. The van der Waals surface area contributed by atoms with E-state index < -0.39 is 61.3 Å². The minimum Gasteiger partial charge on any atom is -0.481 e. The highest BCUT2D eigenvalue weighted by atomic mass is 35.5. The second-order valence-corrected chi connectivity index (χ2v) is 9.45. The molecule has 0 bridgehead atoms. The van der Waals surface area contributed by atoms with Crippen molar-refractivity contribution in [2.24, 2.45) is 0 Å². The number of aliphatic carboxylic acids is 1. The Bertz CT molecular complexity index is 1560. The summed E-state index contributed by atoms with van der Waals surface area (Å²) in [5.41, 5.74) is -0.169. The summed E-state index contributed by atoms with van der Waals surface area (Å²) >= 11 is 6.19. The van der Waals surface area contributed by atoms with Gasteiger partial charge in [-0.25, -0.2) is 10.0 Å². The van der Waals surface area contributed by atoms with Crippen molar-refractivity contribution >= 4 is 69.6 Å². The summed E-state index contributed by atoms with van der Waals surface area (Å²) < 4.78 is 0. The molecule has 3 aromatic rings. The number of anilines is 2. The summed E-state index contributed by atoms with van der Waals surface area (Å²) in [6, 6.07) is 9.36. The number of aliphatic hydroxyl groups excluding tert-OH is 1. The minimum atomic E-state index is -1.63. The van der Waals surface area contributed by atoms with Gasteiger partial charge in [-0.3, -0.25) is 29.0 Å². The zero-order valence-corrected chi connectivity index (χ0v) is 22.3. The van der Waals surface area contributed by atoms with Gasteiger partial charge in [-0.15, -0.1) is 0 Å². The highest BCUT2D eigenvalue weighted by Gasteiger charge is 2.43. The second-order valence-electron chi connectivity index (χ2n) is 9.02. The largest absolute Gasteiger partial charge is 0.481 e. The monoisotopic (exact) mass is 581 g/mol. The molecule has 41 heavy (non-hydrogen) atoms. The Morgan fingerprint density at radius 1 is 1.17 bits per heavy atom. The lowest BCUT2D eigenvalue weighted by molar-refractivity contribution is -0.145. The van der Waals surface area contributed by atoms with Gasteiger partial charge in [0.2, 0.25) is 5.91 Å². The summed E-state index contributed by atoms with van der Waals surface area (Å²) in [5.74, 6) is -4.91. The number of benzene rings is 2. The average molecular weight is 582 g/mol. The van der Waals surface area contributed by atoms with Crippen molar-refractivity contribution < 1.29 is 39.0 Å². The smallest absolute Gasteiger partial charge is 0.305 e. The maximum atomic E-state index is 14.1. The number of aliphatic hydroxyl groups is 1. The maximum absolute atomic E-state index is 14.1. The van der Waals surface area contributed by atoms with Gasteiger partial charge in [0.05, 0.1) is 24.3 Å². The number of carboxylic acids is 1. The third kappa shape index (κ3) is 5.85. The van der Waals surface area contributed by atoms with Gasteiger partial charge in [0.15, 0.2) is 0 Å². The third-order valence-electron chi connectivity index (χ3n) is 6.35. The van der Waals surface area contributed by atoms with Crippen LogP contribution in [0.1, 0.15) is 23.8 Å². The van der Waals surface area contributed by atoms with Crippen LogP contribution in [0, 0.1) is 0 Å². The number of nitrogens with zero attached hydrogens (tertiary/aromatic N) is 4. The van der Waals surface area contributed by atoms with Crippen LogP contribution in [0.5, 0.6) is 0 Å². The van der Waals surface area contributed by atoms with Crippen molar-refractivity contribution in [2.45, 2.75) is 25.4 Å². The summed E-state index contributed by atoms with van der Waals surface area (Å²) in [7, 11) is 0. The molecule has 2 atom stereocenters. The first-order valence-electron chi connectivity index (χ1n) is 12.2. The number of hydrogen-bond donors (Lipinski definition) is 3. The quantitative estimate of drug-likeness (QED) is 0.329. The molecule has 13 nitrogen and oxygen atoms in total. The number of nitrogens with one attached hydrogen (secondary N) is 1. The van der Waals surface area contributed by atoms with Crippen molar-refractivity contribution in [3.05, 3.63) is 65.4 Å². The number of fused-ring (bicyclic) bond motifs is 2. The van der Waals surface area contributed by atoms with Crippen LogP contribution >= 0.6 is 11.6 Å². The van der Waals surface area contributed by atoms with Gasteiger partial charge in [0.25, 0.3) is 17.7 Å². The molecule has 3 N–H and O–H groups in total.